The molecule has 1 fully saturated rings. The van der Waals surface area contributed by atoms with Gasteiger partial charge >= 0.3 is 0 Å². The van der Waals surface area contributed by atoms with Crippen LogP contribution in [0.2, 0.25) is 5.02 Å². The van der Waals surface area contributed by atoms with E-state index in [-0.39, 0.29) is 0 Å². The van der Waals surface area contributed by atoms with Crippen LogP contribution < -0.4 is 11.3 Å². The van der Waals surface area contributed by atoms with E-state index < -0.39 is 0 Å². The van der Waals surface area contributed by atoms with Gasteiger partial charge in [-0.25, -0.2) is 10.1 Å². The zero-order valence-electron chi connectivity index (χ0n) is 12.7. The maximum Gasteiger partial charge on any atom is 0.264 e. The number of nitrogen functional groups attached to an aromatic ring is 1. The molecular formula is C15H19ClN6S. The minimum atomic E-state index is 0.460. The first-order chi connectivity index (χ1) is 11.2. The van der Waals surface area contributed by atoms with Crippen molar-refractivity contribution in [1.82, 2.24) is 14.9 Å². The number of nitrogens with one attached hydrogen (secondary N) is 1. The third-order valence-electron chi connectivity index (χ3n) is 3.69. The molecule has 1 aliphatic carbocycles. The SMILES string of the molecule is Nn1c(NN=C2CCCCC2)nnc1SCc1ccc(Cl)cc1. The van der Waals surface area contributed by atoms with Gasteiger partial charge in [-0.1, -0.05) is 41.9 Å². The molecule has 0 aliphatic heterocycles. The van der Waals surface area contributed by atoms with E-state index in [1.807, 2.05) is 24.3 Å². The fraction of sp³-hybridized carbons (Fsp3) is 0.400. The molecule has 0 atom stereocenters. The molecule has 6 nitrogen and oxygen atoms in total. The van der Waals surface area contributed by atoms with Crippen LogP contribution in [0, 0.1) is 0 Å². The van der Waals surface area contributed by atoms with E-state index in [4.69, 9.17) is 17.4 Å². The van der Waals surface area contributed by atoms with Crippen LogP contribution in [0.5, 0.6) is 0 Å². The number of nitrogens with two attached hydrogens (primary N) is 1. The number of thioether (sulfide) groups is 1. The Hall–Kier alpha value is -1.73. The van der Waals surface area contributed by atoms with Crippen LogP contribution in [-0.2, 0) is 5.75 Å². The van der Waals surface area contributed by atoms with Crippen LogP contribution in [0.15, 0.2) is 34.5 Å². The van der Waals surface area contributed by atoms with Crippen LogP contribution >= 0.6 is 23.4 Å². The van der Waals surface area contributed by atoms with Crippen molar-refractivity contribution in [3.63, 3.8) is 0 Å². The Balaban J connectivity index is 1.59. The lowest BCUT2D eigenvalue weighted by atomic mass is 9.99. The summed E-state index contributed by atoms with van der Waals surface area (Å²) >= 11 is 7.40. The lowest BCUT2D eigenvalue weighted by Gasteiger charge is -2.12. The lowest BCUT2D eigenvalue weighted by Crippen LogP contribution is -2.14. The lowest BCUT2D eigenvalue weighted by molar-refractivity contribution is 0.665. The van der Waals surface area contributed by atoms with Gasteiger partial charge in [-0.15, -0.1) is 10.2 Å². The molecule has 0 unspecified atom stereocenters. The van der Waals surface area contributed by atoms with Gasteiger partial charge in [-0.3, -0.25) is 0 Å². The topological polar surface area (TPSA) is 81.1 Å². The highest BCUT2D eigenvalue weighted by molar-refractivity contribution is 7.98. The van der Waals surface area contributed by atoms with Crippen LogP contribution in [0.1, 0.15) is 37.7 Å². The largest absolute Gasteiger partial charge is 0.334 e. The van der Waals surface area contributed by atoms with Gasteiger partial charge in [0.25, 0.3) is 5.95 Å². The molecule has 122 valence electrons. The summed E-state index contributed by atoms with van der Waals surface area (Å²) in [4.78, 5) is 0. The van der Waals surface area contributed by atoms with Crippen LogP contribution in [0.3, 0.4) is 0 Å². The molecule has 3 N–H and O–H groups in total. The number of hydrogen-bond donors (Lipinski definition) is 2. The summed E-state index contributed by atoms with van der Waals surface area (Å²) in [7, 11) is 0. The monoisotopic (exact) mass is 350 g/mol. The van der Waals surface area contributed by atoms with Gasteiger partial charge in [0, 0.05) is 16.5 Å². The number of hydrogen-bond acceptors (Lipinski definition) is 6. The van der Waals surface area contributed by atoms with Crippen molar-refractivity contribution in [3.8, 4) is 0 Å². The summed E-state index contributed by atoms with van der Waals surface area (Å²) in [6.07, 6.45) is 5.79. The molecule has 1 aromatic carbocycles. The Morgan fingerprint density at radius 1 is 1.17 bits per heavy atom. The van der Waals surface area contributed by atoms with Gasteiger partial charge in [0.15, 0.2) is 0 Å². The molecule has 0 amide bonds. The molecule has 1 aromatic heterocycles. The first-order valence-corrected chi connectivity index (χ1v) is 8.98. The maximum atomic E-state index is 6.03. The molecule has 0 bridgehead atoms. The van der Waals surface area contributed by atoms with Crippen molar-refractivity contribution in [1.29, 1.82) is 0 Å². The Labute approximate surface area is 144 Å². The summed E-state index contributed by atoms with van der Waals surface area (Å²) < 4.78 is 1.44. The van der Waals surface area contributed by atoms with Crippen LogP contribution in [0.25, 0.3) is 0 Å². The average Bonchev–Trinajstić information content (AvgIpc) is 2.93. The standard InChI is InChI=1S/C15H19ClN6S/c16-12-8-6-11(7-9-12)10-23-15-21-20-14(22(15)17)19-18-13-4-2-1-3-5-13/h6-9H,1-5,10,17H2,(H,19,20). The number of anilines is 1. The van der Waals surface area contributed by atoms with E-state index in [1.54, 1.807) is 0 Å². The van der Waals surface area contributed by atoms with Gasteiger partial charge in [0.1, 0.15) is 0 Å². The van der Waals surface area contributed by atoms with Crippen molar-refractivity contribution in [3.05, 3.63) is 34.9 Å². The van der Waals surface area contributed by atoms with Crippen molar-refractivity contribution >= 4 is 35.0 Å². The van der Waals surface area contributed by atoms with E-state index in [0.29, 0.717) is 11.1 Å². The van der Waals surface area contributed by atoms with E-state index in [0.717, 1.165) is 29.2 Å². The number of nitrogens with zero attached hydrogens (tertiary/aromatic N) is 4. The summed E-state index contributed by atoms with van der Waals surface area (Å²) in [6, 6.07) is 7.72. The molecule has 1 saturated carbocycles. The number of rotatable bonds is 5. The predicted octanol–water partition coefficient (Wildman–Crippen LogP) is 3.67. The van der Waals surface area contributed by atoms with Gasteiger partial charge in [-0.2, -0.15) is 5.10 Å². The number of halogens is 1. The number of hydrazone groups is 1. The quantitative estimate of drug-likeness (QED) is 0.488. The van der Waals surface area contributed by atoms with Crippen molar-refractivity contribution in [2.24, 2.45) is 5.10 Å². The number of benzene rings is 1. The summed E-state index contributed by atoms with van der Waals surface area (Å²) in [5.41, 5.74) is 5.26. The van der Waals surface area contributed by atoms with Gasteiger partial charge < -0.3 is 5.84 Å². The normalized spacial score (nSPS) is 14.7. The molecule has 23 heavy (non-hydrogen) atoms. The van der Waals surface area contributed by atoms with Crippen molar-refractivity contribution in [2.45, 2.75) is 43.0 Å². The van der Waals surface area contributed by atoms with Crippen molar-refractivity contribution in [2.75, 3.05) is 11.3 Å². The zero-order chi connectivity index (χ0) is 16.1. The molecule has 0 radical (unpaired) electrons. The molecule has 1 heterocycles. The predicted molar refractivity (Wildman–Crippen MR) is 95.3 cm³/mol. The Bertz CT molecular complexity index is 674. The second-order valence-corrected chi connectivity index (χ2v) is 6.82. The first-order valence-electron chi connectivity index (χ1n) is 7.61. The van der Waals surface area contributed by atoms with Crippen LogP contribution in [0.4, 0.5) is 5.95 Å². The Morgan fingerprint density at radius 2 is 1.91 bits per heavy atom. The fourth-order valence-corrected chi connectivity index (χ4v) is 3.32. The van der Waals surface area contributed by atoms with E-state index in [2.05, 4.69) is 20.7 Å². The smallest absolute Gasteiger partial charge is 0.264 e. The van der Waals surface area contributed by atoms with Gasteiger partial charge in [-0.05, 0) is 43.4 Å². The minimum absolute atomic E-state index is 0.460. The second kappa shape index (κ2) is 7.70. The van der Waals surface area contributed by atoms with E-state index in [9.17, 15) is 0 Å². The second-order valence-electron chi connectivity index (χ2n) is 5.44. The highest BCUT2D eigenvalue weighted by Crippen LogP contribution is 2.23. The summed E-state index contributed by atoms with van der Waals surface area (Å²) in [5, 5.41) is 13.9. The summed E-state index contributed by atoms with van der Waals surface area (Å²) in [6.45, 7) is 0. The Morgan fingerprint density at radius 3 is 2.65 bits per heavy atom. The molecule has 3 rings (SSSR count). The van der Waals surface area contributed by atoms with E-state index in [1.165, 1.54) is 41.4 Å². The third-order valence-corrected chi connectivity index (χ3v) is 4.96. The fourth-order valence-electron chi connectivity index (χ4n) is 2.38. The van der Waals surface area contributed by atoms with Gasteiger partial charge in [0.05, 0.1) is 0 Å². The highest BCUT2D eigenvalue weighted by Gasteiger charge is 2.11. The zero-order valence-corrected chi connectivity index (χ0v) is 14.3. The Kier molecular flexibility index (Phi) is 5.40. The molecular weight excluding hydrogens is 332 g/mol. The minimum Gasteiger partial charge on any atom is -0.334 e. The van der Waals surface area contributed by atoms with E-state index >= 15 is 0 Å². The molecule has 0 saturated heterocycles. The maximum absolute atomic E-state index is 6.03. The molecule has 2 aromatic rings. The first kappa shape index (κ1) is 16.1. The molecule has 8 heteroatoms. The average molecular weight is 351 g/mol. The number of aromatic nitrogens is 3. The third kappa shape index (κ3) is 4.39. The van der Waals surface area contributed by atoms with Crippen molar-refractivity contribution < 1.29 is 0 Å². The van der Waals surface area contributed by atoms with Gasteiger partial charge in [0.2, 0.25) is 5.16 Å². The molecule has 0 spiro atoms. The highest BCUT2D eigenvalue weighted by atomic mass is 35.5. The molecule has 1 aliphatic rings. The van der Waals surface area contributed by atoms with Crippen LogP contribution in [-0.4, -0.2) is 20.6 Å². The summed E-state index contributed by atoms with van der Waals surface area (Å²) in [5.74, 6) is 7.24.